The van der Waals surface area contributed by atoms with E-state index in [1.54, 1.807) is 7.11 Å². The highest BCUT2D eigenvalue weighted by Crippen LogP contribution is 2.41. The van der Waals surface area contributed by atoms with Crippen LogP contribution in [0.25, 0.3) is 0 Å². The first-order chi connectivity index (χ1) is 10.6. The SMILES string of the molecule is COC[C@@]12COC[C@@H]1CN(C(=O)CCc1ccccc1C)C2. The molecular weight excluding hydrogens is 278 g/mol. The second-order valence-electron chi connectivity index (χ2n) is 6.71. The van der Waals surface area contributed by atoms with E-state index in [0.29, 0.717) is 25.6 Å². The maximum Gasteiger partial charge on any atom is 0.222 e. The maximum atomic E-state index is 12.6. The van der Waals surface area contributed by atoms with Crippen molar-refractivity contribution in [1.82, 2.24) is 4.90 Å². The van der Waals surface area contributed by atoms with E-state index in [4.69, 9.17) is 9.47 Å². The monoisotopic (exact) mass is 303 g/mol. The summed E-state index contributed by atoms with van der Waals surface area (Å²) >= 11 is 0. The van der Waals surface area contributed by atoms with Crippen molar-refractivity contribution in [3.63, 3.8) is 0 Å². The molecule has 0 radical (unpaired) electrons. The van der Waals surface area contributed by atoms with Crippen LogP contribution in [0.15, 0.2) is 24.3 Å². The number of fused-ring (bicyclic) bond motifs is 1. The average molecular weight is 303 g/mol. The Morgan fingerprint density at radius 1 is 1.45 bits per heavy atom. The summed E-state index contributed by atoms with van der Waals surface area (Å²) in [6, 6.07) is 8.29. The molecule has 2 aliphatic rings. The summed E-state index contributed by atoms with van der Waals surface area (Å²) in [5, 5.41) is 0. The fourth-order valence-electron chi connectivity index (χ4n) is 3.80. The molecule has 4 heteroatoms. The highest BCUT2D eigenvalue weighted by atomic mass is 16.5. The molecule has 0 aliphatic carbocycles. The van der Waals surface area contributed by atoms with Gasteiger partial charge in [0.1, 0.15) is 0 Å². The number of carbonyl (C=O) groups excluding carboxylic acids is 1. The van der Waals surface area contributed by atoms with E-state index < -0.39 is 0 Å². The average Bonchev–Trinajstić information content (AvgIpc) is 3.03. The summed E-state index contributed by atoms with van der Waals surface area (Å²) in [5.74, 6) is 0.683. The van der Waals surface area contributed by atoms with Gasteiger partial charge in [0.15, 0.2) is 0 Å². The van der Waals surface area contributed by atoms with Gasteiger partial charge in [0.2, 0.25) is 5.91 Å². The lowest BCUT2D eigenvalue weighted by Gasteiger charge is -2.26. The number of hydrogen-bond acceptors (Lipinski definition) is 3. The summed E-state index contributed by atoms with van der Waals surface area (Å²) in [4.78, 5) is 14.6. The van der Waals surface area contributed by atoms with Crippen molar-refractivity contribution in [3.8, 4) is 0 Å². The van der Waals surface area contributed by atoms with Crippen LogP contribution in [-0.4, -0.2) is 50.8 Å². The largest absolute Gasteiger partial charge is 0.384 e. The topological polar surface area (TPSA) is 38.8 Å². The van der Waals surface area contributed by atoms with Crippen LogP contribution in [0.5, 0.6) is 0 Å². The molecule has 3 rings (SSSR count). The molecule has 0 unspecified atom stereocenters. The Balaban J connectivity index is 1.59. The van der Waals surface area contributed by atoms with Gasteiger partial charge >= 0.3 is 0 Å². The molecule has 0 saturated carbocycles. The summed E-state index contributed by atoms with van der Waals surface area (Å²) in [5.41, 5.74) is 2.55. The standard InChI is InChI=1S/C18H25NO3/c1-14-5-3-4-6-15(14)7-8-17(20)19-9-16-10-22-13-18(16,11-19)12-21-2/h3-6,16H,7-13H2,1-2H3/t16-,18-/m0/s1. The van der Waals surface area contributed by atoms with Crippen LogP contribution in [0.4, 0.5) is 0 Å². The number of methoxy groups -OCH3 is 1. The minimum absolute atomic E-state index is 0.0209. The lowest BCUT2D eigenvalue weighted by Crippen LogP contribution is -2.37. The second kappa shape index (κ2) is 6.39. The number of hydrogen-bond donors (Lipinski definition) is 0. The summed E-state index contributed by atoms with van der Waals surface area (Å²) in [6.45, 7) is 5.84. The molecule has 2 aliphatic heterocycles. The number of benzene rings is 1. The summed E-state index contributed by atoms with van der Waals surface area (Å²) < 4.78 is 11.0. The van der Waals surface area contributed by atoms with E-state index in [2.05, 4.69) is 19.1 Å². The summed E-state index contributed by atoms with van der Waals surface area (Å²) in [7, 11) is 1.73. The zero-order chi connectivity index (χ0) is 15.6. The fourth-order valence-corrected chi connectivity index (χ4v) is 3.80. The van der Waals surface area contributed by atoms with Crippen LogP contribution in [0, 0.1) is 18.3 Å². The van der Waals surface area contributed by atoms with E-state index >= 15 is 0 Å². The predicted octanol–water partition coefficient (Wildman–Crippen LogP) is 2.05. The quantitative estimate of drug-likeness (QED) is 0.835. The van der Waals surface area contributed by atoms with Gasteiger partial charge < -0.3 is 14.4 Å². The Bertz CT molecular complexity index is 545. The number of amides is 1. The number of ether oxygens (including phenoxy) is 2. The van der Waals surface area contributed by atoms with Crippen molar-refractivity contribution >= 4 is 5.91 Å². The van der Waals surface area contributed by atoms with Crippen molar-refractivity contribution in [2.24, 2.45) is 11.3 Å². The van der Waals surface area contributed by atoms with Crippen molar-refractivity contribution in [2.45, 2.75) is 19.8 Å². The van der Waals surface area contributed by atoms with Crippen LogP contribution in [-0.2, 0) is 20.7 Å². The highest BCUT2D eigenvalue weighted by Gasteiger charge is 2.51. The minimum atomic E-state index is 0.0209. The zero-order valence-electron chi connectivity index (χ0n) is 13.5. The van der Waals surface area contributed by atoms with E-state index in [-0.39, 0.29) is 11.3 Å². The van der Waals surface area contributed by atoms with Gasteiger partial charge in [-0.15, -0.1) is 0 Å². The molecule has 0 N–H and O–H groups in total. The lowest BCUT2D eigenvalue weighted by atomic mass is 9.82. The molecule has 0 aromatic heterocycles. The molecule has 2 saturated heterocycles. The first kappa shape index (κ1) is 15.5. The Hall–Kier alpha value is -1.39. The highest BCUT2D eigenvalue weighted by molar-refractivity contribution is 5.77. The Labute approximate surface area is 132 Å². The van der Waals surface area contributed by atoms with Crippen molar-refractivity contribution in [2.75, 3.05) is 40.0 Å². The zero-order valence-corrected chi connectivity index (χ0v) is 13.5. The van der Waals surface area contributed by atoms with Crippen LogP contribution < -0.4 is 0 Å². The van der Waals surface area contributed by atoms with Gasteiger partial charge in [-0.05, 0) is 24.5 Å². The number of aryl methyl sites for hydroxylation is 2. The number of nitrogens with zero attached hydrogens (tertiary/aromatic N) is 1. The van der Waals surface area contributed by atoms with Crippen LogP contribution in [0.1, 0.15) is 17.5 Å². The van der Waals surface area contributed by atoms with E-state index in [1.807, 2.05) is 17.0 Å². The maximum absolute atomic E-state index is 12.6. The van der Waals surface area contributed by atoms with Gasteiger partial charge in [-0.25, -0.2) is 0 Å². The van der Waals surface area contributed by atoms with Gasteiger partial charge in [-0.3, -0.25) is 4.79 Å². The van der Waals surface area contributed by atoms with Crippen LogP contribution >= 0.6 is 0 Å². The molecule has 120 valence electrons. The lowest BCUT2D eigenvalue weighted by molar-refractivity contribution is -0.131. The van der Waals surface area contributed by atoms with Crippen LogP contribution in [0.2, 0.25) is 0 Å². The normalized spacial score (nSPS) is 27.2. The smallest absolute Gasteiger partial charge is 0.222 e. The van der Waals surface area contributed by atoms with Gasteiger partial charge in [0.05, 0.1) is 19.8 Å². The third-order valence-electron chi connectivity index (χ3n) is 5.18. The third-order valence-corrected chi connectivity index (χ3v) is 5.18. The van der Waals surface area contributed by atoms with Crippen molar-refractivity contribution < 1.29 is 14.3 Å². The Morgan fingerprint density at radius 3 is 3.05 bits per heavy atom. The summed E-state index contributed by atoms with van der Waals surface area (Å²) in [6.07, 6.45) is 1.40. The second-order valence-corrected chi connectivity index (χ2v) is 6.71. The van der Waals surface area contributed by atoms with Gasteiger partial charge in [0.25, 0.3) is 0 Å². The van der Waals surface area contributed by atoms with Gasteiger partial charge in [-0.1, -0.05) is 24.3 Å². The minimum Gasteiger partial charge on any atom is -0.384 e. The predicted molar refractivity (Wildman–Crippen MR) is 84.7 cm³/mol. The molecule has 2 atom stereocenters. The number of likely N-dealkylation sites (tertiary alicyclic amines) is 1. The Morgan fingerprint density at radius 2 is 2.27 bits per heavy atom. The molecule has 1 aromatic rings. The fraction of sp³-hybridized carbons (Fsp3) is 0.611. The Kier molecular flexibility index (Phi) is 4.50. The van der Waals surface area contributed by atoms with E-state index in [0.717, 1.165) is 26.1 Å². The van der Waals surface area contributed by atoms with E-state index in [1.165, 1.54) is 11.1 Å². The molecule has 2 heterocycles. The van der Waals surface area contributed by atoms with Crippen molar-refractivity contribution in [1.29, 1.82) is 0 Å². The molecule has 4 nitrogen and oxygen atoms in total. The number of carbonyl (C=O) groups is 1. The number of rotatable bonds is 5. The van der Waals surface area contributed by atoms with Gasteiger partial charge in [-0.2, -0.15) is 0 Å². The van der Waals surface area contributed by atoms with E-state index in [9.17, 15) is 4.79 Å². The molecule has 0 spiro atoms. The van der Waals surface area contributed by atoms with Gasteiger partial charge in [0, 0.05) is 38.0 Å². The van der Waals surface area contributed by atoms with Crippen molar-refractivity contribution in [3.05, 3.63) is 35.4 Å². The first-order valence-corrected chi connectivity index (χ1v) is 8.03. The third kappa shape index (κ3) is 2.90. The molecule has 1 aromatic carbocycles. The molecule has 0 bridgehead atoms. The molecular formula is C18H25NO3. The van der Waals surface area contributed by atoms with Crippen LogP contribution in [0.3, 0.4) is 0 Å². The molecule has 2 fully saturated rings. The molecule has 22 heavy (non-hydrogen) atoms. The molecule has 1 amide bonds. The first-order valence-electron chi connectivity index (χ1n) is 8.03.